The minimum Gasteiger partial charge on any atom is -0.457 e. The van der Waals surface area contributed by atoms with Crippen LogP contribution in [-0.2, 0) is 22.6 Å². The molecule has 49 heavy (non-hydrogen) atoms. The van der Waals surface area contributed by atoms with Gasteiger partial charge in [0.15, 0.2) is 6.29 Å². The van der Waals surface area contributed by atoms with Gasteiger partial charge in [0.2, 0.25) is 0 Å². The summed E-state index contributed by atoms with van der Waals surface area (Å²) in [5, 5.41) is 24.6. The fraction of sp³-hybridized carbons (Fsp3) is 0.225. The first-order chi connectivity index (χ1) is 24.1. The molecule has 0 aliphatic carbocycles. The van der Waals surface area contributed by atoms with E-state index in [4.69, 9.17) is 14.2 Å². The molecule has 0 unspecified atom stereocenters. The zero-order chi connectivity index (χ0) is 33.8. The van der Waals surface area contributed by atoms with Crippen molar-refractivity contribution in [3.63, 3.8) is 0 Å². The molecule has 5 aromatic rings. The lowest BCUT2D eigenvalue weighted by molar-refractivity contribution is -0.245. The van der Waals surface area contributed by atoms with Crippen molar-refractivity contribution >= 4 is 23.5 Å². The van der Waals surface area contributed by atoms with Crippen molar-refractivity contribution in [3.05, 3.63) is 150 Å². The number of carbonyl (C=O) groups excluding carboxylic acids is 1. The second kappa shape index (κ2) is 17.1. The predicted molar refractivity (Wildman–Crippen MR) is 194 cm³/mol. The van der Waals surface area contributed by atoms with Crippen LogP contribution in [0.25, 0.3) is 11.1 Å². The number of benzene rings is 5. The van der Waals surface area contributed by atoms with E-state index in [9.17, 15) is 15.0 Å². The van der Waals surface area contributed by atoms with Crippen LogP contribution in [0.4, 0.5) is 10.5 Å². The first kappa shape index (κ1) is 34.2. The van der Waals surface area contributed by atoms with Crippen molar-refractivity contribution in [1.82, 2.24) is 5.32 Å². The molecule has 1 saturated heterocycles. The molecule has 1 aliphatic heterocycles. The zero-order valence-electron chi connectivity index (χ0n) is 27.0. The first-order valence-electron chi connectivity index (χ1n) is 16.3. The summed E-state index contributed by atoms with van der Waals surface area (Å²) in [6.45, 7) is 0.473. The van der Waals surface area contributed by atoms with E-state index in [2.05, 4.69) is 22.8 Å². The number of rotatable bonds is 13. The number of anilines is 1. The number of hydrogen-bond donors (Lipinski definition) is 4. The first-order valence-corrected chi connectivity index (χ1v) is 17.5. The maximum atomic E-state index is 12.8. The smallest absolute Gasteiger partial charge is 0.319 e. The van der Waals surface area contributed by atoms with E-state index in [1.807, 2.05) is 103 Å². The quantitative estimate of drug-likeness (QED) is 0.0931. The molecular weight excluding hydrogens is 637 g/mol. The van der Waals surface area contributed by atoms with Crippen molar-refractivity contribution < 1.29 is 29.2 Å². The maximum Gasteiger partial charge on any atom is 0.319 e. The highest BCUT2D eigenvalue weighted by Crippen LogP contribution is 2.39. The molecule has 6 rings (SSSR count). The van der Waals surface area contributed by atoms with Crippen LogP contribution in [0, 0.1) is 0 Å². The Bertz CT molecular complexity index is 1770. The monoisotopic (exact) mass is 676 g/mol. The van der Waals surface area contributed by atoms with E-state index in [1.54, 1.807) is 23.9 Å². The summed E-state index contributed by atoms with van der Waals surface area (Å²) in [7, 11) is 0. The second-order valence-electron chi connectivity index (χ2n) is 11.7. The number of ether oxygens (including phenoxy) is 3. The molecule has 0 saturated carbocycles. The highest BCUT2D eigenvalue weighted by molar-refractivity contribution is 7.99. The van der Waals surface area contributed by atoms with Gasteiger partial charge in [0.1, 0.15) is 11.5 Å². The summed E-state index contributed by atoms with van der Waals surface area (Å²) in [5.74, 6) is 2.84. The molecule has 0 spiro atoms. The third kappa shape index (κ3) is 9.50. The molecule has 0 bridgehead atoms. The van der Waals surface area contributed by atoms with Gasteiger partial charge in [0, 0.05) is 35.7 Å². The lowest BCUT2D eigenvalue weighted by Crippen LogP contribution is -2.31. The standard InChI is InChI=1S/C40H40N2O6S/c43-22-23-49-27-36-24-38(30-12-10-28(26-44)11-13-30)48-39(47-36)31-16-14-29(15-17-31)37-9-5-4-6-32(37)25-41-40(45)42-33-18-20-35(21-19-33)46-34-7-2-1-3-8-34/h1-21,36,38-39,43-44H,22-27H2,(H2,41,42,45)/t36-,38+,39+/m1/s1. The molecule has 1 fully saturated rings. The van der Waals surface area contributed by atoms with Gasteiger partial charge in [0.25, 0.3) is 0 Å². The Labute approximate surface area is 291 Å². The van der Waals surface area contributed by atoms with Gasteiger partial charge in [-0.3, -0.25) is 0 Å². The summed E-state index contributed by atoms with van der Waals surface area (Å²) in [6, 6.07) is 40.5. The van der Waals surface area contributed by atoms with E-state index in [1.165, 1.54) is 0 Å². The summed E-state index contributed by atoms with van der Waals surface area (Å²) in [5.41, 5.74) is 6.47. The predicted octanol–water partition coefficient (Wildman–Crippen LogP) is 8.23. The number of carbonyl (C=O) groups is 1. The number of para-hydroxylation sites is 1. The second-order valence-corrected chi connectivity index (χ2v) is 12.8. The summed E-state index contributed by atoms with van der Waals surface area (Å²) in [6.07, 6.45) is -0.0574. The number of urea groups is 1. The third-order valence-electron chi connectivity index (χ3n) is 8.20. The average Bonchev–Trinajstić information content (AvgIpc) is 3.15. The summed E-state index contributed by atoms with van der Waals surface area (Å²) < 4.78 is 18.7. The minimum atomic E-state index is -0.551. The number of thioether (sulfide) groups is 1. The Balaban J connectivity index is 1.09. The molecule has 0 aromatic heterocycles. The third-order valence-corrected chi connectivity index (χ3v) is 9.27. The molecule has 1 aliphatic rings. The lowest BCUT2D eigenvalue weighted by atomic mass is 9.98. The molecule has 0 radical (unpaired) electrons. The molecule has 5 aromatic carbocycles. The average molecular weight is 677 g/mol. The van der Waals surface area contributed by atoms with Crippen LogP contribution in [0.5, 0.6) is 11.5 Å². The fourth-order valence-electron chi connectivity index (χ4n) is 5.66. The Morgan fingerprint density at radius 1 is 0.776 bits per heavy atom. The van der Waals surface area contributed by atoms with E-state index in [0.29, 0.717) is 30.2 Å². The SMILES string of the molecule is O=C(NCc1ccccc1-c1ccc([C@H]2O[C@@H](CSCCO)C[C@@H](c3ccc(CO)cc3)O2)cc1)Nc1ccc(Oc2ccccc2)cc1. The van der Waals surface area contributed by atoms with E-state index >= 15 is 0 Å². The van der Waals surface area contributed by atoms with Gasteiger partial charge in [-0.05, 0) is 64.2 Å². The van der Waals surface area contributed by atoms with Crippen LogP contribution in [0.2, 0.25) is 0 Å². The Morgan fingerprint density at radius 2 is 1.47 bits per heavy atom. The fourth-order valence-corrected chi connectivity index (χ4v) is 6.43. The normalized spacial score (nSPS) is 17.3. The number of nitrogens with one attached hydrogen (secondary N) is 2. The topological polar surface area (TPSA) is 109 Å². The Morgan fingerprint density at radius 3 is 2.20 bits per heavy atom. The number of aliphatic hydroxyl groups is 2. The molecule has 8 nitrogen and oxygen atoms in total. The van der Waals surface area contributed by atoms with Crippen LogP contribution in [0.15, 0.2) is 127 Å². The zero-order valence-corrected chi connectivity index (χ0v) is 27.9. The van der Waals surface area contributed by atoms with E-state index in [-0.39, 0.29) is 31.5 Å². The number of amides is 2. The molecule has 3 atom stereocenters. The van der Waals surface area contributed by atoms with Gasteiger partial charge in [-0.25, -0.2) is 4.79 Å². The summed E-state index contributed by atoms with van der Waals surface area (Å²) >= 11 is 1.67. The van der Waals surface area contributed by atoms with Gasteiger partial charge >= 0.3 is 6.03 Å². The van der Waals surface area contributed by atoms with Crippen molar-refractivity contribution in [2.75, 3.05) is 23.4 Å². The van der Waals surface area contributed by atoms with Gasteiger partial charge < -0.3 is 35.1 Å². The molecule has 1 heterocycles. The number of aliphatic hydroxyl groups excluding tert-OH is 2. The minimum absolute atomic E-state index is 0.00279. The summed E-state index contributed by atoms with van der Waals surface area (Å²) in [4.78, 5) is 12.8. The molecule has 2 amide bonds. The van der Waals surface area contributed by atoms with Crippen LogP contribution in [0.1, 0.15) is 41.1 Å². The maximum absolute atomic E-state index is 12.8. The van der Waals surface area contributed by atoms with Gasteiger partial charge in [-0.15, -0.1) is 0 Å². The largest absolute Gasteiger partial charge is 0.457 e. The Kier molecular flexibility index (Phi) is 12.0. The highest BCUT2D eigenvalue weighted by atomic mass is 32.2. The van der Waals surface area contributed by atoms with Gasteiger partial charge in [0.05, 0.1) is 25.4 Å². The van der Waals surface area contributed by atoms with E-state index < -0.39 is 6.29 Å². The van der Waals surface area contributed by atoms with Crippen LogP contribution in [0.3, 0.4) is 0 Å². The highest BCUT2D eigenvalue weighted by Gasteiger charge is 2.32. The number of hydrogen-bond acceptors (Lipinski definition) is 7. The Hall–Kier alpha value is -4.64. The molecule has 4 N–H and O–H groups in total. The van der Waals surface area contributed by atoms with Crippen LogP contribution < -0.4 is 15.4 Å². The van der Waals surface area contributed by atoms with Crippen molar-refractivity contribution in [2.45, 2.75) is 38.1 Å². The van der Waals surface area contributed by atoms with Crippen LogP contribution >= 0.6 is 11.8 Å². The van der Waals surface area contributed by atoms with Crippen molar-refractivity contribution in [3.8, 4) is 22.6 Å². The molecule has 252 valence electrons. The van der Waals surface area contributed by atoms with E-state index in [0.717, 1.165) is 44.9 Å². The van der Waals surface area contributed by atoms with Gasteiger partial charge in [-0.1, -0.05) is 91.0 Å². The molecule has 9 heteroatoms. The lowest BCUT2D eigenvalue weighted by Gasteiger charge is -2.36. The van der Waals surface area contributed by atoms with Crippen molar-refractivity contribution in [1.29, 1.82) is 0 Å². The molecular formula is C40H40N2O6S. The van der Waals surface area contributed by atoms with Crippen LogP contribution in [-0.4, -0.2) is 40.5 Å². The van der Waals surface area contributed by atoms with Crippen molar-refractivity contribution in [2.24, 2.45) is 0 Å². The van der Waals surface area contributed by atoms with Gasteiger partial charge in [-0.2, -0.15) is 11.8 Å².